The van der Waals surface area contributed by atoms with E-state index < -0.39 is 0 Å². The van der Waals surface area contributed by atoms with E-state index in [0.717, 1.165) is 39.1 Å². The van der Waals surface area contributed by atoms with Gasteiger partial charge in [0.25, 0.3) is 0 Å². The normalized spacial score (nSPS) is 33.8. The number of likely N-dealkylation sites (tertiary alicyclic amines) is 1. The van der Waals surface area contributed by atoms with Gasteiger partial charge in [0.2, 0.25) is 5.91 Å². The molecule has 4 atom stereocenters. The summed E-state index contributed by atoms with van der Waals surface area (Å²) in [7, 11) is 1.94. The van der Waals surface area contributed by atoms with Crippen molar-refractivity contribution >= 4 is 5.91 Å². The average Bonchev–Trinajstić information content (AvgIpc) is 3.25. The Morgan fingerprint density at radius 3 is 2.88 bits per heavy atom. The first-order valence-electron chi connectivity index (χ1n) is 9.41. The monoisotopic (exact) mass is 331 g/mol. The topological polar surface area (TPSA) is 53.4 Å². The largest absolute Gasteiger partial charge is 0.335 e. The van der Waals surface area contributed by atoms with E-state index in [-0.39, 0.29) is 11.8 Å². The van der Waals surface area contributed by atoms with Gasteiger partial charge in [-0.25, -0.2) is 0 Å². The molecule has 6 heteroatoms. The van der Waals surface area contributed by atoms with E-state index in [9.17, 15) is 4.79 Å². The molecule has 2 unspecified atom stereocenters. The van der Waals surface area contributed by atoms with Crippen molar-refractivity contribution in [3.63, 3.8) is 0 Å². The molecule has 0 aliphatic carbocycles. The minimum absolute atomic E-state index is 0.0606. The Hall–Kier alpha value is -1.40. The Kier molecular flexibility index (Phi) is 4.35. The molecule has 1 amide bonds. The minimum Gasteiger partial charge on any atom is -0.335 e. The number of carbonyl (C=O) groups excluding carboxylic acids is 1. The fraction of sp³-hybridized carbons (Fsp3) is 0.778. The number of rotatable bonds is 3. The molecule has 4 heterocycles. The number of likely N-dealkylation sites (N-methyl/N-ethyl adjacent to an activating group) is 1. The predicted molar refractivity (Wildman–Crippen MR) is 92.7 cm³/mol. The smallest absolute Gasteiger partial charge is 0.228 e. The number of carbonyl (C=O) groups is 1. The summed E-state index contributed by atoms with van der Waals surface area (Å²) in [5.41, 5.74) is 1.19. The van der Waals surface area contributed by atoms with Crippen LogP contribution in [0.5, 0.6) is 0 Å². The molecular formula is C18H29N5O. The summed E-state index contributed by atoms with van der Waals surface area (Å²) in [6.45, 7) is 7.18. The van der Waals surface area contributed by atoms with Crippen LogP contribution in [-0.4, -0.2) is 70.3 Å². The molecule has 1 aromatic rings. The number of aryl methyl sites for hydroxylation is 1. The zero-order valence-corrected chi connectivity index (χ0v) is 14.8. The third-order valence-electron chi connectivity index (χ3n) is 6.25. The van der Waals surface area contributed by atoms with Gasteiger partial charge in [-0.2, -0.15) is 5.10 Å². The van der Waals surface area contributed by atoms with Crippen molar-refractivity contribution < 1.29 is 4.79 Å². The highest BCUT2D eigenvalue weighted by Crippen LogP contribution is 2.36. The molecule has 0 saturated carbocycles. The lowest BCUT2D eigenvalue weighted by Gasteiger charge is -2.32. The Labute approximate surface area is 144 Å². The van der Waals surface area contributed by atoms with Gasteiger partial charge in [-0.3, -0.25) is 9.48 Å². The second kappa shape index (κ2) is 6.48. The van der Waals surface area contributed by atoms with Crippen molar-refractivity contribution in [3.05, 3.63) is 18.0 Å². The van der Waals surface area contributed by atoms with Gasteiger partial charge in [-0.15, -0.1) is 0 Å². The lowest BCUT2D eigenvalue weighted by Crippen LogP contribution is -2.47. The first-order chi connectivity index (χ1) is 11.7. The van der Waals surface area contributed by atoms with Crippen LogP contribution in [0.2, 0.25) is 0 Å². The van der Waals surface area contributed by atoms with Crippen LogP contribution in [-0.2, 0) is 11.8 Å². The highest BCUT2D eigenvalue weighted by Gasteiger charge is 2.45. The zero-order chi connectivity index (χ0) is 16.7. The van der Waals surface area contributed by atoms with E-state index in [2.05, 4.69) is 33.3 Å². The third kappa shape index (κ3) is 2.75. The van der Waals surface area contributed by atoms with Crippen LogP contribution in [0, 0.1) is 5.92 Å². The highest BCUT2D eigenvalue weighted by molar-refractivity contribution is 5.81. The molecule has 3 fully saturated rings. The summed E-state index contributed by atoms with van der Waals surface area (Å²) in [5, 5.41) is 7.74. The molecule has 0 aromatic carbocycles. The maximum Gasteiger partial charge on any atom is 0.228 e. The van der Waals surface area contributed by atoms with Gasteiger partial charge >= 0.3 is 0 Å². The second-order valence-corrected chi connectivity index (χ2v) is 7.63. The summed E-state index contributed by atoms with van der Waals surface area (Å²) in [4.78, 5) is 18.2. The Morgan fingerprint density at radius 1 is 1.29 bits per heavy atom. The van der Waals surface area contributed by atoms with Gasteiger partial charge in [-0.1, -0.05) is 6.92 Å². The molecule has 3 saturated heterocycles. The van der Waals surface area contributed by atoms with E-state index >= 15 is 0 Å². The average molecular weight is 331 g/mol. The van der Waals surface area contributed by atoms with Gasteiger partial charge in [0.1, 0.15) is 0 Å². The van der Waals surface area contributed by atoms with E-state index in [1.165, 1.54) is 18.4 Å². The van der Waals surface area contributed by atoms with Gasteiger partial charge in [0.15, 0.2) is 0 Å². The summed E-state index contributed by atoms with van der Waals surface area (Å²) >= 11 is 0. The van der Waals surface area contributed by atoms with Crippen LogP contribution >= 0.6 is 0 Å². The quantitative estimate of drug-likeness (QED) is 0.890. The number of aromatic nitrogens is 2. The Bertz CT molecular complexity index is 600. The molecular weight excluding hydrogens is 302 g/mol. The molecule has 3 aliphatic heterocycles. The fourth-order valence-corrected chi connectivity index (χ4v) is 4.90. The van der Waals surface area contributed by atoms with Crippen LogP contribution in [0.15, 0.2) is 12.4 Å². The lowest BCUT2D eigenvalue weighted by atomic mass is 9.89. The van der Waals surface area contributed by atoms with Crippen LogP contribution in [0.3, 0.4) is 0 Å². The number of hydrogen-bond donors (Lipinski definition) is 1. The molecule has 2 bridgehead atoms. The zero-order valence-electron chi connectivity index (χ0n) is 14.8. The van der Waals surface area contributed by atoms with E-state index in [0.29, 0.717) is 18.0 Å². The lowest BCUT2D eigenvalue weighted by molar-refractivity contribution is -0.138. The first kappa shape index (κ1) is 16.1. The molecule has 6 nitrogen and oxygen atoms in total. The SMILES string of the molecule is CCN1CCC2CCC(C1)N2C(=O)[C@H]1CNC[C@@H]1c1cnn(C)c1. The standard InChI is InChI=1S/C18H29N5O/c1-3-22-7-6-14-4-5-15(12-22)23(14)18(24)17-10-19-9-16(17)13-8-20-21(2)11-13/h8,11,14-17,19H,3-7,9-10,12H2,1-2H3/t14?,15?,16-,17+/m1/s1. The van der Waals surface area contributed by atoms with Gasteiger partial charge in [0.05, 0.1) is 12.1 Å². The Balaban J connectivity index is 1.54. The predicted octanol–water partition coefficient (Wildman–Crippen LogP) is 0.808. The maximum absolute atomic E-state index is 13.4. The number of nitrogens with one attached hydrogen (secondary N) is 1. The third-order valence-corrected chi connectivity index (χ3v) is 6.25. The van der Waals surface area contributed by atoms with Gasteiger partial charge in [0, 0.05) is 57.4 Å². The van der Waals surface area contributed by atoms with Crippen molar-refractivity contribution in [3.8, 4) is 0 Å². The van der Waals surface area contributed by atoms with Crippen molar-refractivity contribution in [1.29, 1.82) is 0 Å². The van der Waals surface area contributed by atoms with Crippen molar-refractivity contribution in [2.45, 2.75) is 44.2 Å². The van der Waals surface area contributed by atoms with E-state index in [1.54, 1.807) is 0 Å². The summed E-state index contributed by atoms with van der Waals surface area (Å²) < 4.78 is 1.84. The highest BCUT2D eigenvalue weighted by atomic mass is 16.2. The molecule has 132 valence electrons. The summed E-state index contributed by atoms with van der Waals surface area (Å²) in [5.74, 6) is 0.695. The van der Waals surface area contributed by atoms with Crippen molar-refractivity contribution in [1.82, 2.24) is 24.9 Å². The molecule has 24 heavy (non-hydrogen) atoms. The fourth-order valence-electron chi connectivity index (χ4n) is 4.90. The summed E-state index contributed by atoms with van der Waals surface area (Å²) in [6, 6.07) is 0.870. The van der Waals surface area contributed by atoms with Crippen molar-refractivity contribution in [2.75, 3.05) is 32.7 Å². The van der Waals surface area contributed by atoms with Crippen LogP contribution < -0.4 is 5.32 Å². The summed E-state index contributed by atoms with van der Waals surface area (Å²) in [6.07, 6.45) is 7.48. The Morgan fingerprint density at radius 2 is 2.12 bits per heavy atom. The number of nitrogens with zero attached hydrogens (tertiary/aromatic N) is 4. The number of hydrogen-bond acceptors (Lipinski definition) is 4. The molecule has 0 spiro atoms. The van der Waals surface area contributed by atoms with Crippen LogP contribution in [0.1, 0.15) is 37.7 Å². The van der Waals surface area contributed by atoms with Gasteiger partial charge in [-0.05, 0) is 31.4 Å². The first-order valence-corrected chi connectivity index (χ1v) is 9.41. The number of amides is 1. The number of fused-ring (bicyclic) bond motifs is 2. The minimum atomic E-state index is 0.0606. The molecule has 0 radical (unpaired) electrons. The molecule has 1 N–H and O–H groups in total. The maximum atomic E-state index is 13.4. The molecule has 4 rings (SSSR count). The van der Waals surface area contributed by atoms with Crippen LogP contribution in [0.25, 0.3) is 0 Å². The molecule has 3 aliphatic rings. The van der Waals surface area contributed by atoms with Gasteiger partial charge < -0.3 is 15.1 Å². The molecule has 1 aromatic heterocycles. The van der Waals surface area contributed by atoms with Crippen LogP contribution in [0.4, 0.5) is 0 Å². The van der Waals surface area contributed by atoms with E-state index in [1.807, 2.05) is 17.9 Å². The van der Waals surface area contributed by atoms with E-state index in [4.69, 9.17) is 0 Å². The van der Waals surface area contributed by atoms with Crippen molar-refractivity contribution in [2.24, 2.45) is 13.0 Å². The second-order valence-electron chi connectivity index (χ2n) is 7.63.